The minimum Gasteiger partial charge on any atom is -0.368 e. The average Bonchev–Trinajstić information content (AvgIpc) is 2.52. The molecule has 3 N–H and O–H groups in total. The Hall–Kier alpha value is -1.36. The second-order valence-corrected chi connectivity index (χ2v) is 3.22. The number of aromatic nitrogens is 2. The van der Waals surface area contributed by atoms with Gasteiger partial charge in [-0.15, -0.1) is 0 Å². The fourth-order valence-corrected chi connectivity index (χ4v) is 1.29. The molecule has 1 rings (SSSR count). The van der Waals surface area contributed by atoms with Crippen LogP contribution < -0.4 is 11.1 Å². The first-order valence-corrected chi connectivity index (χ1v) is 4.65. The molecule has 14 heavy (non-hydrogen) atoms. The Bertz CT molecular complexity index is 308. The van der Waals surface area contributed by atoms with Crippen LogP contribution in [0.15, 0.2) is 12.5 Å². The van der Waals surface area contributed by atoms with E-state index in [1.54, 1.807) is 17.1 Å². The van der Waals surface area contributed by atoms with Crippen molar-refractivity contribution in [2.24, 2.45) is 12.8 Å². The van der Waals surface area contributed by atoms with Crippen LogP contribution >= 0.6 is 0 Å². The van der Waals surface area contributed by atoms with E-state index in [2.05, 4.69) is 10.3 Å². The standard InChI is InChI=1S/C9H16N4O/c1-3-4-12-8(9(10)14)7-5-11-6-13(7)2/h5-6,8,12H,3-4H2,1-2H3,(H2,10,14). The maximum absolute atomic E-state index is 11.2. The van der Waals surface area contributed by atoms with Gasteiger partial charge >= 0.3 is 0 Å². The largest absolute Gasteiger partial charge is 0.368 e. The molecule has 0 aliphatic heterocycles. The number of aryl methyl sites for hydroxylation is 1. The topological polar surface area (TPSA) is 72.9 Å². The average molecular weight is 196 g/mol. The smallest absolute Gasteiger partial charge is 0.240 e. The zero-order chi connectivity index (χ0) is 10.6. The number of carbonyl (C=O) groups excluding carboxylic acids is 1. The van der Waals surface area contributed by atoms with Crippen LogP contribution in [0.1, 0.15) is 25.1 Å². The molecular formula is C9H16N4O. The summed E-state index contributed by atoms with van der Waals surface area (Å²) in [6.07, 6.45) is 4.26. The Morgan fingerprint density at radius 1 is 1.79 bits per heavy atom. The summed E-state index contributed by atoms with van der Waals surface area (Å²) in [6.45, 7) is 2.80. The predicted octanol–water partition coefficient (Wildman–Crippen LogP) is -0.0539. The number of hydrogen-bond donors (Lipinski definition) is 2. The molecule has 5 heteroatoms. The Kier molecular flexibility index (Phi) is 3.64. The minimum atomic E-state index is -0.442. The highest BCUT2D eigenvalue weighted by atomic mass is 16.1. The lowest BCUT2D eigenvalue weighted by Gasteiger charge is -2.14. The van der Waals surface area contributed by atoms with Gasteiger partial charge in [-0.05, 0) is 13.0 Å². The molecule has 5 nitrogen and oxygen atoms in total. The van der Waals surface area contributed by atoms with E-state index < -0.39 is 6.04 Å². The van der Waals surface area contributed by atoms with Crippen molar-refractivity contribution in [3.63, 3.8) is 0 Å². The van der Waals surface area contributed by atoms with Crippen LogP contribution in [0.3, 0.4) is 0 Å². The summed E-state index contributed by atoms with van der Waals surface area (Å²) >= 11 is 0. The van der Waals surface area contributed by atoms with E-state index >= 15 is 0 Å². The molecule has 0 saturated carbocycles. The molecule has 0 spiro atoms. The van der Waals surface area contributed by atoms with E-state index in [-0.39, 0.29) is 5.91 Å². The van der Waals surface area contributed by atoms with E-state index in [9.17, 15) is 4.79 Å². The lowest BCUT2D eigenvalue weighted by atomic mass is 10.2. The highest BCUT2D eigenvalue weighted by molar-refractivity contribution is 5.80. The molecule has 0 bridgehead atoms. The second-order valence-electron chi connectivity index (χ2n) is 3.22. The van der Waals surface area contributed by atoms with Gasteiger partial charge in [0.05, 0.1) is 18.2 Å². The fourth-order valence-electron chi connectivity index (χ4n) is 1.29. The van der Waals surface area contributed by atoms with Gasteiger partial charge in [-0.25, -0.2) is 4.98 Å². The molecule has 1 atom stereocenters. The van der Waals surface area contributed by atoms with Crippen LogP contribution in [0.4, 0.5) is 0 Å². The minimum absolute atomic E-state index is 0.373. The van der Waals surface area contributed by atoms with Gasteiger partial charge in [0.25, 0.3) is 0 Å². The monoisotopic (exact) mass is 196 g/mol. The normalized spacial score (nSPS) is 12.7. The Morgan fingerprint density at radius 2 is 2.50 bits per heavy atom. The van der Waals surface area contributed by atoms with E-state index in [1.165, 1.54) is 0 Å². The van der Waals surface area contributed by atoms with Gasteiger partial charge in [0.15, 0.2) is 0 Å². The molecule has 78 valence electrons. The van der Waals surface area contributed by atoms with Gasteiger partial charge in [-0.3, -0.25) is 4.79 Å². The van der Waals surface area contributed by atoms with Crippen LogP contribution in [0, 0.1) is 0 Å². The molecule has 0 saturated heterocycles. The third-order valence-electron chi connectivity index (χ3n) is 2.03. The van der Waals surface area contributed by atoms with Crippen molar-refractivity contribution in [1.82, 2.24) is 14.9 Å². The molecule has 1 aromatic rings. The number of rotatable bonds is 5. The lowest BCUT2D eigenvalue weighted by Crippen LogP contribution is -2.35. The molecule has 0 radical (unpaired) electrons. The van der Waals surface area contributed by atoms with Gasteiger partial charge in [0.1, 0.15) is 6.04 Å². The Labute approximate surface area is 83.3 Å². The first-order chi connectivity index (χ1) is 6.66. The molecule has 1 aromatic heterocycles. The summed E-state index contributed by atoms with van der Waals surface area (Å²) in [6, 6.07) is -0.442. The maximum Gasteiger partial charge on any atom is 0.240 e. The van der Waals surface area contributed by atoms with E-state index in [4.69, 9.17) is 5.73 Å². The number of nitrogens with zero attached hydrogens (tertiary/aromatic N) is 2. The Morgan fingerprint density at radius 3 is 2.93 bits per heavy atom. The van der Waals surface area contributed by atoms with Crippen molar-refractivity contribution < 1.29 is 4.79 Å². The van der Waals surface area contributed by atoms with Gasteiger partial charge < -0.3 is 15.6 Å². The molecule has 0 aliphatic rings. The molecule has 1 unspecified atom stereocenters. The lowest BCUT2D eigenvalue weighted by molar-refractivity contribution is -0.120. The molecule has 0 aliphatic carbocycles. The number of carbonyl (C=O) groups is 1. The quantitative estimate of drug-likeness (QED) is 0.693. The molecule has 0 aromatic carbocycles. The van der Waals surface area contributed by atoms with Crippen molar-refractivity contribution in [3.05, 3.63) is 18.2 Å². The van der Waals surface area contributed by atoms with Crippen molar-refractivity contribution in [1.29, 1.82) is 0 Å². The number of amides is 1. The predicted molar refractivity (Wildman–Crippen MR) is 53.4 cm³/mol. The SMILES string of the molecule is CCCNC(C(N)=O)c1cncn1C. The second kappa shape index (κ2) is 4.76. The number of hydrogen-bond acceptors (Lipinski definition) is 3. The zero-order valence-corrected chi connectivity index (χ0v) is 8.53. The maximum atomic E-state index is 11.2. The summed E-state index contributed by atoms with van der Waals surface area (Å²) in [4.78, 5) is 15.1. The summed E-state index contributed by atoms with van der Waals surface area (Å²) in [5, 5.41) is 3.08. The highest BCUT2D eigenvalue weighted by Gasteiger charge is 2.19. The molecular weight excluding hydrogens is 180 g/mol. The molecule has 0 fully saturated rings. The van der Waals surface area contributed by atoms with E-state index in [0.29, 0.717) is 0 Å². The van der Waals surface area contributed by atoms with Crippen molar-refractivity contribution in [2.75, 3.05) is 6.54 Å². The number of imidazole rings is 1. The van der Waals surface area contributed by atoms with Crippen LogP contribution in [-0.4, -0.2) is 22.0 Å². The summed E-state index contributed by atoms with van der Waals surface area (Å²) in [5.41, 5.74) is 6.09. The Balaban J connectivity index is 2.78. The van der Waals surface area contributed by atoms with Crippen molar-refractivity contribution in [2.45, 2.75) is 19.4 Å². The van der Waals surface area contributed by atoms with Gasteiger partial charge in [0.2, 0.25) is 5.91 Å². The van der Waals surface area contributed by atoms with Gasteiger partial charge in [-0.2, -0.15) is 0 Å². The van der Waals surface area contributed by atoms with Crippen LogP contribution in [-0.2, 0) is 11.8 Å². The number of primary amides is 1. The van der Waals surface area contributed by atoms with Crippen LogP contribution in [0.5, 0.6) is 0 Å². The summed E-state index contributed by atoms with van der Waals surface area (Å²) in [5.74, 6) is -0.373. The van der Waals surface area contributed by atoms with Crippen LogP contribution in [0.25, 0.3) is 0 Å². The third kappa shape index (κ3) is 2.32. The van der Waals surface area contributed by atoms with E-state index in [1.807, 2.05) is 14.0 Å². The zero-order valence-electron chi connectivity index (χ0n) is 8.53. The summed E-state index contributed by atoms with van der Waals surface area (Å²) < 4.78 is 1.79. The summed E-state index contributed by atoms with van der Waals surface area (Å²) in [7, 11) is 1.84. The molecule has 1 heterocycles. The number of nitrogens with two attached hydrogens (primary N) is 1. The van der Waals surface area contributed by atoms with Gasteiger partial charge in [0, 0.05) is 7.05 Å². The third-order valence-corrected chi connectivity index (χ3v) is 2.03. The van der Waals surface area contributed by atoms with Crippen molar-refractivity contribution in [3.8, 4) is 0 Å². The van der Waals surface area contributed by atoms with Crippen LogP contribution in [0.2, 0.25) is 0 Å². The van der Waals surface area contributed by atoms with Gasteiger partial charge in [-0.1, -0.05) is 6.92 Å². The highest BCUT2D eigenvalue weighted by Crippen LogP contribution is 2.10. The fraction of sp³-hybridized carbons (Fsp3) is 0.556. The first-order valence-electron chi connectivity index (χ1n) is 4.65. The number of nitrogens with one attached hydrogen (secondary N) is 1. The van der Waals surface area contributed by atoms with Crippen molar-refractivity contribution >= 4 is 5.91 Å². The molecule has 1 amide bonds. The van der Waals surface area contributed by atoms with E-state index in [0.717, 1.165) is 18.7 Å². The first kappa shape index (κ1) is 10.7.